The van der Waals surface area contributed by atoms with Gasteiger partial charge in [-0.05, 0) is 18.9 Å². The lowest BCUT2D eigenvalue weighted by Gasteiger charge is -2.23. The zero-order chi connectivity index (χ0) is 22.5. The number of amides is 3. The van der Waals surface area contributed by atoms with Crippen LogP contribution in [-0.2, 0) is 20.9 Å². The van der Waals surface area contributed by atoms with E-state index >= 15 is 0 Å². The number of H-pyrrole nitrogens is 1. The highest BCUT2D eigenvalue weighted by Crippen LogP contribution is 2.19. The number of carbonyl (C=O) groups excluding carboxylic acids is 3. The van der Waals surface area contributed by atoms with Crippen LogP contribution >= 0.6 is 0 Å². The number of nitrogen functional groups attached to an aromatic ring is 1. The molecule has 10 nitrogen and oxygen atoms in total. The van der Waals surface area contributed by atoms with Crippen LogP contribution in [0.4, 0.5) is 11.5 Å². The van der Waals surface area contributed by atoms with Crippen LogP contribution in [0.3, 0.4) is 0 Å². The molecule has 1 fully saturated rings. The van der Waals surface area contributed by atoms with Crippen molar-refractivity contribution in [1.29, 1.82) is 0 Å². The summed E-state index contributed by atoms with van der Waals surface area (Å²) in [5, 5.41) is 0. The number of likely N-dealkylation sites (tertiary alicyclic amines) is 1. The van der Waals surface area contributed by atoms with Crippen molar-refractivity contribution in [3.8, 4) is 0 Å². The van der Waals surface area contributed by atoms with E-state index in [0.29, 0.717) is 0 Å². The van der Waals surface area contributed by atoms with E-state index in [9.17, 15) is 24.0 Å². The second-order valence-electron chi connectivity index (χ2n) is 7.25. The number of nitrogens with two attached hydrogens (primary N) is 1. The Hall–Kier alpha value is -3.69. The van der Waals surface area contributed by atoms with Crippen LogP contribution in [-0.4, -0.2) is 45.3 Å². The topological polar surface area (TPSA) is 139 Å². The molecular weight excluding hydrogens is 402 g/mol. The number of nitrogens with one attached hydrogen (secondary N) is 1. The second kappa shape index (κ2) is 9.41. The number of hydrogen-bond donors (Lipinski definition) is 2. The maximum absolute atomic E-state index is 12.8. The van der Waals surface area contributed by atoms with E-state index in [0.717, 1.165) is 10.5 Å². The van der Waals surface area contributed by atoms with Gasteiger partial charge in [0.1, 0.15) is 5.82 Å². The molecule has 0 radical (unpaired) electrons. The van der Waals surface area contributed by atoms with E-state index in [-0.39, 0.29) is 74.5 Å². The lowest BCUT2D eigenvalue weighted by molar-refractivity contribution is -0.138. The molecule has 0 bridgehead atoms. The number of benzene rings is 1. The Morgan fingerprint density at radius 2 is 1.74 bits per heavy atom. The third-order valence-corrected chi connectivity index (χ3v) is 5.21. The highest BCUT2D eigenvalue weighted by molar-refractivity contribution is 6.02. The number of carbonyl (C=O) groups is 3. The first-order valence-electron chi connectivity index (χ1n) is 10.1. The molecule has 1 aliphatic rings. The van der Waals surface area contributed by atoms with E-state index in [4.69, 9.17) is 5.73 Å². The molecule has 1 aliphatic heterocycles. The Labute approximate surface area is 178 Å². The van der Waals surface area contributed by atoms with Gasteiger partial charge in [-0.3, -0.25) is 33.6 Å². The molecular formula is C21H25N5O5. The largest absolute Gasteiger partial charge is 0.383 e. The van der Waals surface area contributed by atoms with Crippen LogP contribution in [0.25, 0.3) is 0 Å². The van der Waals surface area contributed by atoms with Gasteiger partial charge in [0, 0.05) is 32.4 Å². The van der Waals surface area contributed by atoms with Crippen LogP contribution in [0.15, 0.2) is 39.9 Å². The van der Waals surface area contributed by atoms with Gasteiger partial charge < -0.3 is 10.6 Å². The minimum Gasteiger partial charge on any atom is -0.383 e. The average Bonchev–Trinajstić information content (AvgIpc) is 3.06. The van der Waals surface area contributed by atoms with E-state index in [1.807, 2.05) is 30.3 Å². The second-order valence-corrected chi connectivity index (χ2v) is 7.25. The first-order valence-corrected chi connectivity index (χ1v) is 10.1. The maximum atomic E-state index is 12.8. The number of aromatic amines is 1. The van der Waals surface area contributed by atoms with Gasteiger partial charge in [-0.15, -0.1) is 0 Å². The molecule has 3 amide bonds. The minimum atomic E-state index is -0.744. The van der Waals surface area contributed by atoms with Crippen LogP contribution in [0.1, 0.15) is 38.2 Å². The van der Waals surface area contributed by atoms with Crippen molar-refractivity contribution < 1.29 is 14.4 Å². The van der Waals surface area contributed by atoms with Crippen molar-refractivity contribution in [2.45, 2.75) is 39.2 Å². The molecule has 1 aromatic heterocycles. The monoisotopic (exact) mass is 427 g/mol. The summed E-state index contributed by atoms with van der Waals surface area (Å²) in [5.74, 6) is -0.960. The fourth-order valence-electron chi connectivity index (χ4n) is 3.62. The predicted molar refractivity (Wildman–Crippen MR) is 114 cm³/mol. The molecule has 0 atom stereocenters. The summed E-state index contributed by atoms with van der Waals surface area (Å²) >= 11 is 0. The molecule has 0 unspecified atom stereocenters. The lowest BCUT2D eigenvalue weighted by atomic mass is 10.2. The zero-order valence-electron chi connectivity index (χ0n) is 17.3. The van der Waals surface area contributed by atoms with Gasteiger partial charge in [0.25, 0.3) is 5.56 Å². The highest BCUT2D eigenvalue weighted by Gasteiger charge is 2.29. The molecule has 1 saturated heterocycles. The van der Waals surface area contributed by atoms with E-state index in [2.05, 4.69) is 4.98 Å². The third-order valence-electron chi connectivity index (χ3n) is 5.21. The molecule has 31 heavy (non-hydrogen) atoms. The number of nitrogens with zero attached hydrogens (tertiary/aromatic N) is 3. The highest BCUT2D eigenvalue weighted by atomic mass is 16.2. The zero-order valence-corrected chi connectivity index (χ0v) is 17.3. The number of rotatable bonds is 8. The van der Waals surface area contributed by atoms with Crippen molar-refractivity contribution in [1.82, 2.24) is 14.5 Å². The summed E-state index contributed by atoms with van der Waals surface area (Å²) in [7, 11) is 0. The van der Waals surface area contributed by atoms with Crippen LogP contribution < -0.4 is 21.9 Å². The summed E-state index contributed by atoms with van der Waals surface area (Å²) in [6.45, 7) is 2.15. The van der Waals surface area contributed by atoms with Crippen LogP contribution in [0, 0.1) is 0 Å². The molecule has 2 heterocycles. The van der Waals surface area contributed by atoms with Gasteiger partial charge in [-0.2, -0.15) is 0 Å². The smallest absolute Gasteiger partial charge is 0.330 e. The van der Waals surface area contributed by atoms with Crippen LogP contribution in [0.2, 0.25) is 0 Å². The van der Waals surface area contributed by atoms with Gasteiger partial charge in [-0.1, -0.05) is 30.3 Å². The van der Waals surface area contributed by atoms with Gasteiger partial charge in [0.15, 0.2) is 5.69 Å². The molecule has 3 rings (SSSR count). The Kier molecular flexibility index (Phi) is 6.68. The van der Waals surface area contributed by atoms with Crippen molar-refractivity contribution >= 4 is 29.2 Å². The van der Waals surface area contributed by atoms with Gasteiger partial charge in [0.2, 0.25) is 17.7 Å². The van der Waals surface area contributed by atoms with E-state index in [1.54, 1.807) is 6.92 Å². The Morgan fingerprint density at radius 1 is 1.10 bits per heavy atom. The normalized spacial score (nSPS) is 13.6. The van der Waals surface area contributed by atoms with Crippen molar-refractivity contribution in [3.05, 3.63) is 56.7 Å². The molecule has 10 heteroatoms. The van der Waals surface area contributed by atoms with Crippen molar-refractivity contribution in [2.75, 3.05) is 23.7 Å². The lowest BCUT2D eigenvalue weighted by Crippen LogP contribution is -2.41. The van der Waals surface area contributed by atoms with Gasteiger partial charge >= 0.3 is 5.69 Å². The maximum Gasteiger partial charge on any atom is 0.330 e. The summed E-state index contributed by atoms with van der Waals surface area (Å²) in [6.07, 6.45) is 0.682. The third kappa shape index (κ3) is 4.73. The van der Waals surface area contributed by atoms with Gasteiger partial charge in [0.05, 0.1) is 6.54 Å². The van der Waals surface area contributed by atoms with Crippen molar-refractivity contribution in [3.63, 3.8) is 0 Å². The first kappa shape index (κ1) is 22.0. The number of anilines is 2. The van der Waals surface area contributed by atoms with Crippen molar-refractivity contribution in [2.24, 2.45) is 0 Å². The number of imide groups is 1. The quantitative estimate of drug-likeness (QED) is 0.587. The predicted octanol–water partition coefficient (Wildman–Crippen LogP) is 0.449. The molecule has 0 saturated carbocycles. The minimum absolute atomic E-state index is 0.0155. The molecule has 0 aliphatic carbocycles. The van der Waals surface area contributed by atoms with Gasteiger partial charge in [-0.25, -0.2) is 4.79 Å². The molecule has 3 N–H and O–H groups in total. The Bertz CT molecular complexity index is 1090. The molecule has 2 aromatic rings. The Balaban J connectivity index is 1.80. The molecule has 1 aromatic carbocycles. The molecule has 164 valence electrons. The fraction of sp³-hybridized carbons (Fsp3) is 0.381. The summed E-state index contributed by atoms with van der Waals surface area (Å²) in [4.78, 5) is 65.7. The summed E-state index contributed by atoms with van der Waals surface area (Å²) in [6, 6.07) is 9.12. The van der Waals surface area contributed by atoms with E-state index in [1.165, 1.54) is 9.47 Å². The number of hydrogen-bond acceptors (Lipinski definition) is 6. The summed E-state index contributed by atoms with van der Waals surface area (Å²) in [5.41, 5.74) is 5.48. The standard InChI is InChI=1S/C21H25N5O5/c1-2-24(15(27)9-6-12-25-16(28)10-11-17(25)29)18-19(22)26(21(31)23-20(18)30)13-14-7-4-3-5-8-14/h3-5,7-8H,2,6,9-13,22H2,1H3,(H,23,30,31). The fourth-order valence-corrected chi connectivity index (χ4v) is 3.62. The van der Waals surface area contributed by atoms with Crippen LogP contribution in [0.5, 0.6) is 0 Å². The summed E-state index contributed by atoms with van der Waals surface area (Å²) < 4.78 is 1.21. The van der Waals surface area contributed by atoms with E-state index < -0.39 is 11.2 Å². The average molecular weight is 427 g/mol. The first-order chi connectivity index (χ1) is 14.8. The molecule has 0 spiro atoms. The number of aromatic nitrogens is 2. The SMILES string of the molecule is CCN(C(=O)CCCN1C(=O)CCC1=O)c1c(N)n(Cc2ccccc2)c(=O)[nH]c1=O. The Morgan fingerprint density at radius 3 is 2.35 bits per heavy atom.